The van der Waals surface area contributed by atoms with Gasteiger partial charge in [-0.05, 0) is 25.8 Å². The maximum atomic E-state index is 10.5. The monoisotopic (exact) mass is 167 g/mol. The molecule has 4 nitrogen and oxygen atoms in total. The average molecular weight is 167 g/mol. The van der Waals surface area contributed by atoms with E-state index < -0.39 is 0 Å². The first kappa shape index (κ1) is 8.77. The van der Waals surface area contributed by atoms with Gasteiger partial charge in [-0.1, -0.05) is 0 Å². The number of aromatic nitrogens is 2. The molecule has 66 valence electrons. The highest BCUT2D eigenvalue weighted by molar-refractivity contribution is 5.74. The molecule has 1 heterocycles. The van der Waals surface area contributed by atoms with Gasteiger partial charge < -0.3 is 5.73 Å². The number of hydrogen-bond donors (Lipinski definition) is 2. The van der Waals surface area contributed by atoms with Crippen LogP contribution in [0.25, 0.3) is 0 Å². The molecule has 4 heteroatoms. The van der Waals surface area contributed by atoms with Gasteiger partial charge in [0, 0.05) is 12.1 Å². The molecule has 0 aliphatic heterocycles. The van der Waals surface area contributed by atoms with Crippen LogP contribution in [0, 0.1) is 13.8 Å². The predicted octanol–water partition coefficient (Wildman–Crippen LogP) is 0.444. The van der Waals surface area contributed by atoms with E-state index in [0.29, 0.717) is 12.8 Å². The van der Waals surface area contributed by atoms with Gasteiger partial charge in [-0.3, -0.25) is 9.89 Å². The highest BCUT2D eigenvalue weighted by Crippen LogP contribution is 2.10. The molecule has 0 atom stereocenters. The standard InChI is InChI=1S/C8H13N3O/c1-5-7(3-4-8(9)12)6(2)11-10-5/h3-4H2,1-2H3,(H2,9,12)(H,10,11). The highest BCUT2D eigenvalue weighted by atomic mass is 16.1. The SMILES string of the molecule is Cc1n[nH]c(C)c1CCC(N)=O. The van der Waals surface area contributed by atoms with Crippen molar-refractivity contribution in [3.63, 3.8) is 0 Å². The number of carbonyl (C=O) groups is 1. The minimum Gasteiger partial charge on any atom is -0.370 e. The van der Waals surface area contributed by atoms with Gasteiger partial charge in [-0.2, -0.15) is 5.10 Å². The van der Waals surface area contributed by atoms with Crippen molar-refractivity contribution in [1.82, 2.24) is 10.2 Å². The third-order valence-corrected chi connectivity index (χ3v) is 1.90. The molecule has 3 N–H and O–H groups in total. The van der Waals surface area contributed by atoms with Crippen LogP contribution in [0.3, 0.4) is 0 Å². The summed E-state index contributed by atoms with van der Waals surface area (Å²) in [5, 5.41) is 6.88. The molecule has 1 aromatic rings. The summed E-state index contributed by atoms with van der Waals surface area (Å²) in [5.41, 5.74) is 8.12. The number of primary amides is 1. The van der Waals surface area contributed by atoms with E-state index in [-0.39, 0.29) is 5.91 Å². The fourth-order valence-electron chi connectivity index (χ4n) is 1.19. The number of nitrogens with zero attached hydrogens (tertiary/aromatic N) is 1. The van der Waals surface area contributed by atoms with Gasteiger partial charge in [-0.15, -0.1) is 0 Å². The minimum atomic E-state index is -0.269. The van der Waals surface area contributed by atoms with Crippen molar-refractivity contribution in [2.24, 2.45) is 5.73 Å². The summed E-state index contributed by atoms with van der Waals surface area (Å²) in [5.74, 6) is -0.269. The number of aromatic amines is 1. The summed E-state index contributed by atoms with van der Waals surface area (Å²) in [7, 11) is 0. The van der Waals surface area contributed by atoms with Crippen LogP contribution >= 0.6 is 0 Å². The molecule has 0 spiro atoms. The summed E-state index contributed by atoms with van der Waals surface area (Å²) in [6, 6.07) is 0. The molecule has 0 saturated heterocycles. The van der Waals surface area contributed by atoms with E-state index in [1.807, 2.05) is 13.8 Å². The van der Waals surface area contributed by atoms with E-state index >= 15 is 0 Å². The van der Waals surface area contributed by atoms with E-state index in [1.165, 1.54) is 0 Å². The molecule has 0 aliphatic rings. The van der Waals surface area contributed by atoms with Gasteiger partial charge in [0.05, 0.1) is 5.69 Å². The lowest BCUT2D eigenvalue weighted by molar-refractivity contribution is -0.117. The van der Waals surface area contributed by atoms with Crippen LogP contribution in [0.5, 0.6) is 0 Å². The zero-order valence-electron chi connectivity index (χ0n) is 7.35. The summed E-state index contributed by atoms with van der Waals surface area (Å²) in [6.45, 7) is 3.86. The summed E-state index contributed by atoms with van der Waals surface area (Å²) in [6.07, 6.45) is 1.07. The van der Waals surface area contributed by atoms with E-state index in [9.17, 15) is 4.79 Å². The van der Waals surface area contributed by atoms with Gasteiger partial charge >= 0.3 is 0 Å². The summed E-state index contributed by atoms with van der Waals surface area (Å²) < 4.78 is 0. The first-order valence-electron chi connectivity index (χ1n) is 3.90. The zero-order chi connectivity index (χ0) is 9.14. The number of rotatable bonds is 3. The van der Waals surface area contributed by atoms with Crippen LogP contribution in [0.4, 0.5) is 0 Å². The number of H-pyrrole nitrogens is 1. The second-order valence-corrected chi connectivity index (χ2v) is 2.88. The van der Waals surface area contributed by atoms with Crippen LogP contribution in [-0.2, 0) is 11.2 Å². The fourth-order valence-corrected chi connectivity index (χ4v) is 1.19. The topological polar surface area (TPSA) is 71.8 Å². The Hall–Kier alpha value is -1.32. The maximum absolute atomic E-state index is 10.5. The third-order valence-electron chi connectivity index (χ3n) is 1.90. The Morgan fingerprint density at radius 2 is 2.25 bits per heavy atom. The molecule has 0 aromatic carbocycles. The fraction of sp³-hybridized carbons (Fsp3) is 0.500. The van der Waals surface area contributed by atoms with Gasteiger partial charge in [0.1, 0.15) is 0 Å². The Labute approximate surface area is 71.2 Å². The molecule has 0 bridgehead atoms. The molecule has 1 aromatic heterocycles. The molecule has 0 unspecified atom stereocenters. The van der Waals surface area contributed by atoms with Gasteiger partial charge in [0.25, 0.3) is 0 Å². The lowest BCUT2D eigenvalue weighted by Gasteiger charge is -1.97. The van der Waals surface area contributed by atoms with E-state index in [0.717, 1.165) is 17.0 Å². The number of carbonyl (C=O) groups excluding carboxylic acids is 1. The van der Waals surface area contributed by atoms with Gasteiger partial charge in [0.15, 0.2) is 0 Å². The van der Waals surface area contributed by atoms with Crippen molar-refractivity contribution in [1.29, 1.82) is 0 Å². The van der Waals surface area contributed by atoms with E-state index in [2.05, 4.69) is 10.2 Å². The predicted molar refractivity (Wildman–Crippen MR) is 45.6 cm³/mol. The Morgan fingerprint density at radius 1 is 1.58 bits per heavy atom. The number of amides is 1. The van der Waals surface area contributed by atoms with Crippen LogP contribution in [0.15, 0.2) is 0 Å². The molecule has 0 aliphatic carbocycles. The first-order valence-corrected chi connectivity index (χ1v) is 3.90. The Kier molecular flexibility index (Phi) is 2.47. The van der Waals surface area contributed by atoms with Crippen LogP contribution in [0.1, 0.15) is 23.4 Å². The number of hydrogen-bond acceptors (Lipinski definition) is 2. The van der Waals surface area contributed by atoms with Gasteiger partial charge in [0.2, 0.25) is 5.91 Å². The summed E-state index contributed by atoms with van der Waals surface area (Å²) >= 11 is 0. The second kappa shape index (κ2) is 3.38. The zero-order valence-corrected chi connectivity index (χ0v) is 7.35. The van der Waals surface area contributed by atoms with Crippen LogP contribution < -0.4 is 5.73 Å². The molecule has 1 rings (SSSR count). The first-order chi connectivity index (χ1) is 5.61. The molecular weight excluding hydrogens is 154 g/mol. The molecular formula is C8H13N3O. The minimum absolute atomic E-state index is 0.269. The van der Waals surface area contributed by atoms with Gasteiger partial charge in [-0.25, -0.2) is 0 Å². The maximum Gasteiger partial charge on any atom is 0.217 e. The second-order valence-electron chi connectivity index (χ2n) is 2.88. The largest absolute Gasteiger partial charge is 0.370 e. The average Bonchev–Trinajstić information content (AvgIpc) is 2.28. The Balaban J connectivity index is 2.68. The summed E-state index contributed by atoms with van der Waals surface area (Å²) in [4.78, 5) is 10.5. The normalized spacial score (nSPS) is 10.2. The van der Waals surface area contributed by atoms with Crippen molar-refractivity contribution in [2.45, 2.75) is 26.7 Å². The van der Waals surface area contributed by atoms with Crippen molar-refractivity contribution in [2.75, 3.05) is 0 Å². The smallest absolute Gasteiger partial charge is 0.217 e. The van der Waals surface area contributed by atoms with Crippen molar-refractivity contribution < 1.29 is 4.79 Å². The highest BCUT2D eigenvalue weighted by Gasteiger charge is 2.06. The lowest BCUT2D eigenvalue weighted by atomic mass is 10.1. The van der Waals surface area contributed by atoms with E-state index in [1.54, 1.807) is 0 Å². The molecule has 0 saturated carbocycles. The molecule has 0 fully saturated rings. The van der Waals surface area contributed by atoms with Crippen molar-refractivity contribution >= 4 is 5.91 Å². The van der Waals surface area contributed by atoms with E-state index in [4.69, 9.17) is 5.73 Å². The molecule has 12 heavy (non-hydrogen) atoms. The quantitative estimate of drug-likeness (QED) is 0.685. The Morgan fingerprint density at radius 3 is 2.67 bits per heavy atom. The molecule has 1 amide bonds. The van der Waals surface area contributed by atoms with Crippen LogP contribution in [-0.4, -0.2) is 16.1 Å². The lowest BCUT2D eigenvalue weighted by Crippen LogP contribution is -2.11. The molecule has 0 radical (unpaired) electrons. The third kappa shape index (κ3) is 1.84. The van der Waals surface area contributed by atoms with Crippen molar-refractivity contribution in [3.8, 4) is 0 Å². The number of nitrogens with one attached hydrogen (secondary N) is 1. The Bertz CT molecular complexity index is 271. The number of aryl methyl sites for hydroxylation is 2. The number of nitrogens with two attached hydrogens (primary N) is 1. The van der Waals surface area contributed by atoms with Crippen molar-refractivity contribution in [3.05, 3.63) is 17.0 Å². The van der Waals surface area contributed by atoms with Crippen LogP contribution in [0.2, 0.25) is 0 Å².